The van der Waals surface area contributed by atoms with Crippen LogP contribution in [0.5, 0.6) is 0 Å². The van der Waals surface area contributed by atoms with Gasteiger partial charge >= 0.3 is 0 Å². The second-order valence-corrected chi connectivity index (χ2v) is 43.2. The van der Waals surface area contributed by atoms with Gasteiger partial charge in [0.05, 0.1) is 12.2 Å². The minimum absolute atomic E-state index is 0.348. The lowest BCUT2D eigenvalue weighted by atomic mass is 9.72. The molecule has 7 unspecified atom stereocenters. The maximum Gasteiger partial charge on any atom is 0.0623 e. The first-order chi connectivity index (χ1) is 46.1. The van der Waals surface area contributed by atoms with Gasteiger partial charge in [-0.3, -0.25) is 0 Å². The van der Waals surface area contributed by atoms with Crippen molar-refractivity contribution in [2.24, 2.45) is 89.7 Å². The Morgan fingerprint density at radius 3 is 0.820 bits per heavy atom. The number of rotatable bonds is 0. The Morgan fingerprint density at radius 1 is 0.210 bits per heavy atom. The predicted molar refractivity (Wildman–Crippen MR) is 440 cm³/mol. The maximum absolute atomic E-state index is 5.64. The van der Waals surface area contributed by atoms with Crippen LogP contribution in [0.4, 0.5) is 0 Å². The predicted octanol–water partition coefficient (Wildman–Crippen LogP) is 23.0. The molecule has 7 atom stereocenters. The van der Waals surface area contributed by atoms with Gasteiger partial charge in [0, 0.05) is 84.6 Å². The lowest BCUT2D eigenvalue weighted by molar-refractivity contribution is -0.0474. The molecular formula is C90H185N5O5. The van der Waals surface area contributed by atoms with Crippen LogP contribution < -0.4 is 26.6 Å². The minimum Gasteiger partial charge on any atom is -0.381 e. The summed E-state index contributed by atoms with van der Waals surface area (Å²) in [7, 11) is 0. The van der Waals surface area contributed by atoms with Crippen molar-refractivity contribution in [2.75, 3.05) is 105 Å². The molecule has 5 N–H and O–H groups in total. The Labute approximate surface area is 628 Å². The highest BCUT2D eigenvalue weighted by molar-refractivity contribution is 4.87. The zero-order valence-corrected chi connectivity index (χ0v) is 73.6. The quantitative estimate of drug-likeness (QED) is 0.161. The Hall–Kier alpha value is -0.400. The fourth-order valence-corrected chi connectivity index (χ4v) is 15.4. The molecule has 0 aromatic carbocycles. The largest absolute Gasteiger partial charge is 0.381 e. The van der Waals surface area contributed by atoms with E-state index in [1.54, 1.807) is 0 Å². The molecule has 10 rings (SSSR count). The van der Waals surface area contributed by atoms with Gasteiger partial charge < -0.3 is 50.3 Å². The lowest BCUT2D eigenvalue weighted by Gasteiger charge is -2.35. The van der Waals surface area contributed by atoms with Gasteiger partial charge in [-0.1, -0.05) is 233 Å². The topological polar surface area (TPSA) is 106 Å². The first kappa shape index (κ1) is 97.6. The summed E-state index contributed by atoms with van der Waals surface area (Å²) < 4.78 is 27.4. The van der Waals surface area contributed by atoms with Gasteiger partial charge in [0.25, 0.3) is 0 Å². The highest BCUT2D eigenvalue weighted by atomic mass is 16.5. The number of hydrogen-bond donors (Lipinski definition) is 5. The summed E-state index contributed by atoms with van der Waals surface area (Å²) >= 11 is 0. The molecule has 0 bridgehead atoms. The summed E-state index contributed by atoms with van der Waals surface area (Å²) in [6.07, 6.45) is 33.5. The van der Waals surface area contributed by atoms with Gasteiger partial charge in [-0.15, -0.1) is 0 Å². The first-order valence-corrected chi connectivity index (χ1v) is 42.6. The third kappa shape index (κ3) is 46.7. The molecule has 1 aliphatic carbocycles. The minimum atomic E-state index is 0.348. The van der Waals surface area contributed by atoms with E-state index in [0.29, 0.717) is 72.4 Å². The number of nitrogens with one attached hydrogen (secondary N) is 5. The van der Waals surface area contributed by atoms with E-state index in [9.17, 15) is 0 Å². The van der Waals surface area contributed by atoms with E-state index in [1.807, 2.05) is 0 Å². The van der Waals surface area contributed by atoms with E-state index in [4.69, 9.17) is 23.7 Å². The Bertz CT molecular complexity index is 1430. The third-order valence-corrected chi connectivity index (χ3v) is 23.9. The Morgan fingerprint density at radius 2 is 0.580 bits per heavy atom. The zero-order chi connectivity index (χ0) is 76.1. The van der Waals surface area contributed by atoms with E-state index in [-0.39, 0.29) is 0 Å². The molecule has 10 aliphatic rings. The molecule has 100 heavy (non-hydrogen) atoms. The average molecular weight is 1420 g/mol. The van der Waals surface area contributed by atoms with Gasteiger partial charge in [-0.25, -0.2) is 0 Å². The molecule has 1 saturated carbocycles. The Balaban J connectivity index is 0.000000556. The van der Waals surface area contributed by atoms with Gasteiger partial charge in [-0.2, -0.15) is 0 Å². The van der Waals surface area contributed by atoms with Crippen LogP contribution in [0.25, 0.3) is 0 Å². The number of ether oxygens (including phenoxy) is 5. The molecular weight excluding hydrogens is 1230 g/mol. The van der Waals surface area contributed by atoms with E-state index in [1.165, 1.54) is 187 Å². The van der Waals surface area contributed by atoms with Gasteiger partial charge in [-0.05, 0) is 251 Å². The van der Waals surface area contributed by atoms with Crippen molar-refractivity contribution in [3.63, 3.8) is 0 Å². The third-order valence-electron chi connectivity index (χ3n) is 23.9. The van der Waals surface area contributed by atoms with Crippen LogP contribution in [0.1, 0.15) is 362 Å². The molecule has 0 radical (unpaired) electrons. The van der Waals surface area contributed by atoms with Crippen LogP contribution in [0.15, 0.2) is 0 Å². The summed E-state index contributed by atoms with van der Waals surface area (Å²) in [5.74, 6) is 5.26. The van der Waals surface area contributed by atoms with Crippen molar-refractivity contribution in [1.82, 2.24) is 26.6 Å². The van der Waals surface area contributed by atoms with Gasteiger partial charge in [0.15, 0.2) is 0 Å². The van der Waals surface area contributed by atoms with Crippen LogP contribution >= 0.6 is 0 Å². The monoisotopic (exact) mass is 1420 g/mol. The van der Waals surface area contributed by atoms with E-state index in [2.05, 4.69) is 234 Å². The molecule has 9 heterocycles. The van der Waals surface area contributed by atoms with E-state index in [0.717, 1.165) is 114 Å². The SMILES string of the molecule is CC(C)(C)C1CCCCC1.CC(C)(C)C1CCCCN1.CC(C)(C)C1CCCCO1.CC(C)(C)C1CCCCO1.CC(C)(C)C1CCCNC1.CC(C)(C)C1CCCOC1.CC(C)(C)C1CCCOC1.CC(C)(C)C1CCNCC1.CC(C)(C)C1CCOCC1.CC(C)(C)C1CNCCN1. The van der Waals surface area contributed by atoms with Crippen LogP contribution in [0.3, 0.4) is 0 Å². The summed E-state index contributed by atoms with van der Waals surface area (Å²) in [6, 6.07) is 1.39. The molecule has 0 spiro atoms. The molecule has 0 aromatic heterocycles. The number of hydrogen-bond acceptors (Lipinski definition) is 10. The van der Waals surface area contributed by atoms with E-state index >= 15 is 0 Å². The van der Waals surface area contributed by atoms with Crippen molar-refractivity contribution in [1.29, 1.82) is 0 Å². The van der Waals surface area contributed by atoms with Crippen LogP contribution in [0, 0.1) is 89.7 Å². The molecule has 0 aromatic rings. The fourth-order valence-electron chi connectivity index (χ4n) is 15.4. The van der Waals surface area contributed by atoms with Crippen molar-refractivity contribution in [2.45, 2.75) is 386 Å². The van der Waals surface area contributed by atoms with Crippen molar-refractivity contribution in [3.05, 3.63) is 0 Å². The zero-order valence-electron chi connectivity index (χ0n) is 73.6. The summed E-state index contributed by atoms with van der Waals surface area (Å²) in [4.78, 5) is 0. The lowest BCUT2D eigenvalue weighted by Crippen LogP contribution is -2.54. The van der Waals surface area contributed by atoms with E-state index < -0.39 is 0 Å². The Kier molecular flexibility index (Phi) is 47.0. The maximum atomic E-state index is 5.64. The second-order valence-electron chi connectivity index (χ2n) is 43.2. The van der Waals surface area contributed by atoms with Crippen LogP contribution in [-0.4, -0.2) is 130 Å². The summed E-state index contributed by atoms with van der Waals surface area (Å²) in [5.41, 5.74) is 4.54. The standard InChI is InChI=1S/C10H20.3C9H19N.5C9H18O.C8H18N2/c1-10(2,3)9-7-5-4-6-8-9;1-9(2,3)8-4-6-10-7-5-8;1-9(2,3)8-5-4-6-10-7-8;1-9(2,3)8-6-4-5-7-10-8;1-9(2,3)8-4-6-10-7-5-8;2*1-9(2,3)8-5-4-6-10-7-8;2*1-9(2,3)8-6-4-5-7-10-8;1-8(2,3)7-6-9-4-5-10-7/h9H,4-8H2,1-3H3;3*8,10H,4-7H2,1-3H3;5*8H,4-7H2,1-3H3;7,9-10H,4-6H2,1-3H3. The molecule has 0 amide bonds. The molecule has 600 valence electrons. The summed E-state index contributed by atoms with van der Waals surface area (Å²) in [5, 5.41) is 17.3. The molecule has 9 saturated heterocycles. The molecule has 10 nitrogen and oxygen atoms in total. The van der Waals surface area contributed by atoms with Crippen molar-refractivity contribution in [3.8, 4) is 0 Å². The van der Waals surface area contributed by atoms with Crippen molar-refractivity contribution < 1.29 is 23.7 Å². The molecule has 10 fully saturated rings. The van der Waals surface area contributed by atoms with Crippen LogP contribution in [0.2, 0.25) is 0 Å². The van der Waals surface area contributed by atoms with Crippen molar-refractivity contribution >= 4 is 0 Å². The summed E-state index contributed by atoms with van der Waals surface area (Å²) in [6.45, 7) is 86.5. The number of piperazine rings is 1. The van der Waals surface area contributed by atoms with Crippen LogP contribution in [-0.2, 0) is 23.7 Å². The van der Waals surface area contributed by atoms with Gasteiger partial charge in [0.2, 0.25) is 0 Å². The normalized spacial score (nSPS) is 26.9. The number of piperidine rings is 3. The van der Waals surface area contributed by atoms with Gasteiger partial charge in [0.1, 0.15) is 0 Å². The highest BCUT2D eigenvalue weighted by Gasteiger charge is 2.33. The smallest absolute Gasteiger partial charge is 0.0623 e. The average Bonchev–Trinajstić information content (AvgIpc) is 1.11. The molecule has 10 heteroatoms. The highest BCUT2D eigenvalue weighted by Crippen LogP contribution is 2.39. The fraction of sp³-hybridized carbons (Fsp3) is 1.00. The first-order valence-electron chi connectivity index (χ1n) is 42.6. The molecule has 9 aliphatic heterocycles. The second kappa shape index (κ2) is 48.2.